The first kappa shape index (κ1) is 16.7. The molecule has 0 radical (unpaired) electrons. The molecule has 120 valence electrons. The standard InChI is InChI=1S/C12H21N5O2S.ClH/c1-15-9-12(14-10-15)20(18,19)17-6-4-16(5-7-17)11-2-3-13-8-11;/h9-11,13H,2-8H2,1H3;1H. The lowest BCUT2D eigenvalue weighted by atomic mass is 10.2. The highest BCUT2D eigenvalue weighted by Crippen LogP contribution is 2.18. The van der Waals surface area contributed by atoms with Crippen molar-refractivity contribution in [3.63, 3.8) is 0 Å². The van der Waals surface area contributed by atoms with Crippen molar-refractivity contribution in [2.45, 2.75) is 17.5 Å². The summed E-state index contributed by atoms with van der Waals surface area (Å²) in [6, 6.07) is 0.565. The summed E-state index contributed by atoms with van der Waals surface area (Å²) in [5.74, 6) is 0. The van der Waals surface area contributed by atoms with Crippen LogP contribution in [0.1, 0.15) is 6.42 Å². The number of imidazole rings is 1. The molecule has 7 nitrogen and oxygen atoms in total. The van der Waals surface area contributed by atoms with Crippen molar-refractivity contribution in [3.8, 4) is 0 Å². The maximum absolute atomic E-state index is 12.4. The fourth-order valence-corrected chi connectivity index (χ4v) is 4.30. The summed E-state index contributed by atoms with van der Waals surface area (Å²) in [5, 5.41) is 3.50. The molecule has 0 bridgehead atoms. The van der Waals surface area contributed by atoms with Crippen LogP contribution in [-0.2, 0) is 17.1 Å². The lowest BCUT2D eigenvalue weighted by Crippen LogP contribution is -2.52. The molecular weight excluding hydrogens is 314 g/mol. The van der Waals surface area contributed by atoms with Crippen LogP contribution in [0.2, 0.25) is 0 Å². The van der Waals surface area contributed by atoms with E-state index in [9.17, 15) is 8.42 Å². The Morgan fingerprint density at radius 3 is 2.52 bits per heavy atom. The van der Waals surface area contributed by atoms with Crippen LogP contribution < -0.4 is 5.32 Å². The SMILES string of the molecule is Cl.Cn1cnc(S(=O)(=O)N2CCN(C3CCNC3)CC2)c1. The number of aryl methyl sites for hydroxylation is 1. The Balaban J connectivity index is 0.00000161. The highest BCUT2D eigenvalue weighted by molar-refractivity contribution is 7.89. The first-order chi connectivity index (χ1) is 9.57. The van der Waals surface area contributed by atoms with E-state index in [1.165, 1.54) is 6.33 Å². The van der Waals surface area contributed by atoms with Crippen LogP contribution in [0.5, 0.6) is 0 Å². The van der Waals surface area contributed by atoms with E-state index >= 15 is 0 Å². The van der Waals surface area contributed by atoms with Gasteiger partial charge < -0.3 is 9.88 Å². The van der Waals surface area contributed by atoms with Crippen molar-refractivity contribution < 1.29 is 8.42 Å². The monoisotopic (exact) mass is 335 g/mol. The molecule has 2 saturated heterocycles. The highest BCUT2D eigenvalue weighted by atomic mass is 35.5. The van der Waals surface area contributed by atoms with Crippen LogP contribution in [0, 0.1) is 0 Å². The van der Waals surface area contributed by atoms with E-state index in [4.69, 9.17) is 0 Å². The predicted molar refractivity (Wildman–Crippen MR) is 82.1 cm³/mol. The molecule has 0 aromatic carbocycles. The molecule has 0 saturated carbocycles. The maximum Gasteiger partial charge on any atom is 0.262 e. The van der Waals surface area contributed by atoms with Gasteiger partial charge in [-0.1, -0.05) is 0 Å². The normalized spacial score (nSPS) is 24.9. The van der Waals surface area contributed by atoms with Gasteiger partial charge in [0.05, 0.1) is 6.33 Å². The van der Waals surface area contributed by atoms with Gasteiger partial charge in [-0.05, 0) is 13.0 Å². The number of nitrogens with one attached hydrogen (secondary N) is 1. The van der Waals surface area contributed by atoms with Gasteiger partial charge in [0, 0.05) is 52.0 Å². The highest BCUT2D eigenvalue weighted by Gasteiger charge is 2.32. The van der Waals surface area contributed by atoms with E-state index in [0.717, 1.165) is 32.6 Å². The smallest absolute Gasteiger partial charge is 0.262 e. The van der Waals surface area contributed by atoms with E-state index in [0.29, 0.717) is 19.1 Å². The third kappa shape index (κ3) is 3.40. The molecule has 21 heavy (non-hydrogen) atoms. The van der Waals surface area contributed by atoms with Gasteiger partial charge in [-0.15, -0.1) is 12.4 Å². The number of nitrogens with zero attached hydrogens (tertiary/aromatic N) is 4. The number of rotatable bonds is 3. The molecule has 0 spiro atoms. The second-order valence-corrected chi connectivity index (χ2v) is 7.35. The topological polar surface area (TPSA) is 70.5 Å². The molecule has 0 amide bonds. The zero-order chi connectivity index (χ0) is 14.2. The average molecular weight is 336 g/mol. The lowest BCUT2D eigenvalue weighted by molar-refractivity contribution is 0.145. The minimum atomic E-state index is -3.43. The third-order valence-electron chi connectivity index (χ3n) is 4.11. The van der Waals surface area contributed by atoms with Crippen molar-refractivity contribution >= 4 is 22.4 Å². The zero-order valence-corrected chi connectivity index (χ0v) is 13.7. The van der Waals surface area contributed by atoms with E-state index < -0.39 is 10.0 Å². The molecule has 1 unspecified atom stereocenters. The number of aromatic nitrogens is 2. The second kappa shape index (κ2) is 6.62. The minimum absolute atomic E-state index is 0. The van der Waals surface area contributed by atoms with Crippen molar-refractivity contribution in [3.05, 3.63) is 12.5 Å². The molecule has 9 heteroatoms. The Morgan fingerprint density at radius 2 is 2.00 bits per heavy atom. The molecule has 2 aliphatic heterocycles. The predicted octanol–water partition coefficient (Wildman–Crippen LogP) is -0.490. The number of hydrogen-bond donors (Lipinski definition) is 1. The Bertz CT molecular complexity index is 562. The lowest BCUT2D eigenvalue weighted by Gasteiger charge is -2.36. The summed E-state index contributed by atoms with van der Waals surface area (Å²) in [6.07, 6.45) is 4.24. The average Bonchev–Trinajstić information content (AvgIpc) is 3.10. The third-order valence-corrected chi connectivity index (χ3v) is 5.89. The summed E-state index contributed by atoms with van der Waals surface area (Å²) < 4.78 is 28.1. The molecule has 3 heterocycles. The Hall–Kier alpha value is -0.670. The van der Waals surface area contributed by atoms with Gasteiger partial charge in [-0.2, -0.15) is 4.31 Å². The Morgan fingerprint density at radius 1 is 1.29 bits per heavy atom. The number of hydrogen-bond acceptors (Lipinski definition) is 5. The largest absolute Gasteiger partial charge is 0.339 e. The van der Waals surface area contributed by atoms with Crippen molar-refractivity contribution in [2.24, 2.45) is 7.05 Å². The molecule has 2 fully saturated rings. The maximum atomic E-state index is 12.4. The fourth-order valence-electron chi connectivity index (χ4n) is 2.91. The summed E-state index contributed by atoms with van der Waals surface area (Å²) in [7, 11) is -1.65. The Kier molecular flexibility index (Phi) is 5.26. The van der Waals surface area contributed by atoms with Gasteiger partial charge >= 0.3 is 0 Å². The molecule has 1 N–H and O–H groups in total. The van der Waals surface area contributed by atoms with Crippen LogP contribution in [-0.4, -0.2) is 72.5 Å². The second-order valence-electron chi connectivity index (χ2n) is 5.46. The van der Waals surface area contributed by atoms with E-state index in [1.807, 2.05) is 0 Å². The summed E-state index contributed by atoms with van der Waals surface area (Å²) in [5.41, 5.74) is 0. The van der Waals surface area contributed by atoms with Crippen LogP contribution in [0.15, 0.2) is 17.6 Å². The van der Waals surface area contributed by atoms with Gasteiger partial charge in [-0.3, -0.25) is 4.90 Å². The number of halogens is 1. The minimum Gasteiger partial charge on any atom is -0.339 e. The molecule has 1 atom stereocenters. The Labute approximate surface area is 131 Å². The first-order valence-corrected chi connectivity index (χ1v) is 8.44. The fraction of sp³-hybridized carbons (Fsp3) is 0.750. The summed E-state index contributed by atoms with van der Waals surface area (Å²) >= 11 is 0. The van der Waals surface area contributed by atoms with Gasteiger partial charge in [0.2, 0.25) is 0 Å². The van der Waals surface area contributed by atoms with Crippen LogP contribution in [0.25, 0.3) is 0 Å². The van der Waals surface area contributed by atoms with E-state index in [-0.39, 0.29) is 17.4 Å². The van der Waals surface area contributed by atoms with Crippen molar-refractivity contribution in [1.82, 2.24) is 24.1 Å². The number of sulfonamides is 1. The molecule has 1 aromatic heterocycles. The number of piperazine rings is 1. The summed E-state index contributed by atoms with van der Waals surface area (Å²) in [6.45, 7) is 4.80. The van der Waals surface area contributed by atoms with Gasteiger partial charge in [0.15, 0.2) is 5.03 Å². The van der Waals surface area contributed by atoms with Gasteiger partial charge in [0.1, 0.15) is 0 Å². The molecule has 2 aliphatic rings. The van der Waals surface area contributed by atoms with E-state index in [2.05, 4.69) is 15.2 Å². The first-order valence-electron chi connectivity index (χ1n) is 7.00. The summed E-state index contributed by atoms with van der Waals surface area (Å²) in [4.78, 5) is 6.36. The molecule has 3 rings (SSSR count). The van der Waals surface area contributed by atoms with Crippen molar-refractivity contribution in [1.29, 1.82) is 0 Å². The molecule has 0 aliphatic carbocycles. The quantitative estimate of drug-likeness (QED) is 0.807. The van der Waals surface area contributed by atoms with E-state index in [1.54, 1.807) is 22.1 Å². The molecule has 1 aromatic rings. The van der Waals surface area contributed by atoms with Crippen LogP contribution in [0.3, 0.4) is 0 Å². The van der Waals surface area contributed by atoms with Crippen LogP contribution in [0.4, 0.5) is 0 Å². The van der Waals surface area contributed by atoms with Gasteiger partial charge in [-0.25, -0.2) is 13.4 Å². The van der Waals surface area contributed by atoms with Crippen LogP contribution >= 0.6 is 12.4 Å². The zero-order valence-electron chi connectivity index (χ0n) is 12.1. The van der Waals surface area contributed by atoms with Crippen molar-refractivity contribution in [2.75, 3.05) is 39.3 Å². The molecular formula is C12H22ClN5O2S. The van der Waals surface area contributed by atoms with Gasteiger partial charge in [0.25, 0.3) is 10.0 Å².